The molecular formula is C19H20FNO3. The maximum absolute atomic E-state index is 13.3. The molecule has 0 aromatic heterocycles. The van der Waals surface area contributed by atoms with Crippen molar-refractivity contribution in [2.24, 2.45) is 0 Å². The summed E-state index contributed by atoms with van der Waals surface area (Å²) in [6, 6.07) is 13.7. The highest BCUT2D eigenvalue weighted by Gasteiger charge is 2.30. The fourth-order valence-electron chi connectivity index (χ4n) is 2.93. The third-order valence-corrected chi connectivity index (χ3v) is 4.16. The van der Waals surface area contributed by atoms with Gasteiger partial charge in [0.25, 0.3) is 5.91 Å². The Morgan fingerprint density at radius 1 is 1.29 bits per heavy atom. The van der Waals surface area contributed by atoms with Crippen molar-refractivity contribution in [3.8, 4) is 5.75 Å². The van der Waals surface area contributed by atoms with E-state index in [2.05, 4.69) is 5.32 Å². The number of carbonyl (C=O) groups is 1. The van der Waals surface area contributed by atoms with Gasteiger partial charge >= 0.3 is 0 Å². The molecule has 2 aromatic carbocycles. The molecule has 4 nitrogen and oxygen atoms in total. The zero-order chi connectivity index (χ0) is 16.9. The molecule has 0 fully saturated rings. The number of benzene rings is 2. The van der Waals surface area contributed by atoms with Crippen LogP contribution in [-0.4, -0.2) is 23.7 Å². The molecule has 0 spiro atoms. The Morgan fingerprint density at radius 3 is 2.83 bits per heavy atom. The summed E-state index contributed by atoms with van der Waals surface area (Å²) >= 11 is 0. The van der Waals surface area contributed by atoms with Crippen molar-refractivity contribution < 1.29 is 19.0 Å². The lowest BCUT2D eigenvalue weighted by atomic mass is 10.0. The monoisotopic (exact) mass is 329 g/mol. The van der Waals surface area contributed by atoms with Gasteiger partial charge in [-0.25, -0.2) is 4.39 Å². The Hall–Kier alpha value is -2.40. The Kier molecular flexibility index (Phi) is 5.11. The van der Waals surface area contributed by atoms with Gasteiger partial charge in [0.15, 0.2) is 6.10 Å². The molecule has 5 heteroatoms. The standard InChI is InChI=1S/C19H20FNO3/c20-15-8-9-17-14(11-15)12-18(24-17)19(23)21-16(7-4-10-22)13-5-2-1-3-6-13/h1-3,5-6,8-9,11,16,18,22H,4,7,10,12H2,(H,21,23). The maximum Gasteiger partial charge on any atom is 0.261 e. The zero-order valence-electron chi connectivity index (χ0n) is 13.2. The fourth-order valence-corrected chi connectivity index (χ4v) is 2.93. The molecule has 1 heterocycles. The fraction of sp³-hybridized carbons (Fsp3) is 0.316. The summed E-state index contributed by atoms with van der Waals surface area (Å²) in [6.07, 6.45) is 0.944. The van der Waals surface area contributed by atoms with Crippen molar-refractivity contribution in [1.29, 1.82) is 0 Å². The summed E-state index contributed by atoms with van der Waals surface area (Å²) in [6.45, 7) is 0.0733. The van der Waals surface area contributed by atoms with Gasteiger partial charge in [-0.1, -0.05) is 30.3 Å². The van der Waals surface area contributed by atoms with Gasteiger partial charge in [0.1, 0.15) is 11.6 Å². The van der Waals surface area contributed by atoms with Crippen molar-refractivity contribution in [2.75, 3.05) is 6.61 Å². The molecule has 2 aromatic rings. The largest absolute Gasteiger partial charge is 0.480 e. The molecule has 0 bridgehead atoms. The van der Waals surface area contributed by atoms with Crippen LogP contribution in [0, 0.1) is 5.82 Å². The average molecular weight is 329 g/mol. The van der Waals surface area contributed by atoms with Crippen LogP contribution < -0.4 is 10.1 Å². The van der Waals surface area contributed by atoms with Gasteiger partial charge in [0.05, 0.1) is 6.04 Å². The molecule has 2 atom stereocenters. The number of aliphatic hydroxyl groups excluding tert-OH is 1. The molecule has 0 radical (unpaired) electrons. The van der Waals surface area contributed by atoms with Gasteiger partial charge < -0.3 is 15.2 Å². The smallest absolute Gasteiger partial charge is 0.261 e. The second kappa shape index (κ2) is 7.45. The molecule has 3 rings (SSSR count). The first-order valence-corrected chi connectivity index (χ1v) is 8.08. The number of nitrogens with one attached hydrogen (secondary N) is 1. The molecule has 24 heavy (non-hydrogen) atoms. The number of rotatable bonds is 6. The lowest BCUT2D eigenvalue weighted by Gasteiger charge is -2.21. The number of ether oxygens (including phenoxy) is 1. The summed E-state index contributed by atoms with van der Waals surface area (Å²) in [5.74, 6) is 0.00471. The molecular weight excluding hydrogens is 309 g/mol. The van der Waals surface area contributed by atoms with Crippen LogP contribution in [0.15, 0.2) is 48.5 Å². The van der Waals surface area contributed by atoms with E-state index in [1.54, 1.807) is 6.07 Å². The number of amides is 1. The van der Waals surface area contributed by atoms with Crippen molar-refractivity contribution in [1.82, 2.24) is 5.32 Å². The zero-order valence-corrected chi connectivity index (χ0v) is 13.2. The van der Waals surface area contributed by atoms with Crippen molar-refractivity contribution in [3.63, 3.8) is 0 Å². The maximum atomic E-state index is 13.3. The van der Waals surface area contributed by atoms with Gasteiger partial charge in [-0.3, -0.25) is 4.79 Å². The van der Waals surface area contributed by atoms with Gasteiger partial charge in [-0.15, -0.1) is 0 Å². The number of hydrogen-bond donors (Lipinski definition) is 2. The minimum absolute atomic E-state index is 0.0733. The summed E-state index contributed by atoms with van der Waals surface area (Å²) in [4.78, 5) is 12.6. The first-order valence-electron chi connectivity index (χ1n) is 8.08. The SMILES string of the molecule is O=C(NC(CCCO)c1ccccc1)C1Cc2cc(F)ccc2O1. The highest BCUT2D eigenvalue weighted by Crippen LogP contribution is 2.30. The molecule has 1 amide bonds. The van der Waals surface area contributed by atoms with E-state index in [0.717, 1.165) is 5.56 Å². The summed E-state index contributed by atoms with van der Waals surface area (Å²) in [5, 5.41) is 12.1. The number of fused-ring (bicyclic) bond motifs is 1. The minimum atomic E-state index is -0.651. The highest BCUT2D eigenvalue weighted by molar-refractivity contribution is 5.83. The molecule has 1 aliphatic rings. The normalized spacial score (nSPS) is 17.0. The molecule has 126 valence electrons. The number of aliphatic hydroxyl groups is 1. The molecule has 0 saturated carbocycles. The lowest BCUT2D eigenvalue weighted by molar-refractivity contribution is -0.128. The van der Waals surface area contributed by atoms with E-state index in [9.17, 15) is 9.18 Å². The first kappa shape index (κ1) is 16.5. The summed E-state index contributed by atoms with van der Waals surface area (Å²) in [5.41, 5.74) is 1.70. The van der Waals surface area contributed by atoms with Crippen LogP contribution >= 0.6 is 0 Å². The Bertz CT molecular complexity index is 705. The topological polar surface area (TPSA) is 58.6 Å². The summed E-state index contributed by atoms with van der Waals surface area (Å²) in [7, 11) is 0. The summed E-state index contributed by atoms with van der Waals surface area (Å²) < 4.78 is 18.9. The van der Waals surface area contributed by atoms with E-state index < -0.39 is 6.10 Å². The van der Waals surface area contributed by atoms with E-state index in [4.69, 9.17) is 9.84 Å². The van der Waals surface area contributed by atoms with E-state index in [1.165, 1.54) is 12.1 Å². The van der Waals surface area contributed by atoms with Crippen LogP contribution in [0.4, 0.5) is 4.39 Å². The molecule has 1 aliphatic heterocycles. The third kappa shape index (κ3) is 3.74. The lowest BCUT2D eigenvalue weighted by Crippen LogP contribution is -2.39. The van der Waals surface area contributed by atoms with Gasteiger partial charge in [0, 0.05) is 18.6 Å². The van der Waals surface area contributed by atoms with Crippen LogP contribution in [0.3, 0.4) is 0 Å². The molecule has 2 N–H and O–H groups in total. The second-order valence-corrected chi connectivity index (χ2v) is 5.90. The van der Waals surface area contributed by atoms with Crippen LogP contribution in [0.5, 0.6) is 5.75 Å². The molecule has 0 aliphatic carbocycles. The number of carbonyl (C=O) groups excluding carboxylic acids is 1. The Balaban J connectivity index is 1.68. The third-order valence-electron chi connectivity index (χ3n) is 4.16. The van der Waals surface area contributed by atoms with E-state index in [1.807, 2.05) is 30.3 Å². The Morgan fingerprint density at radius 2 is 2.08 bits per heavy atom. The van der Waals surface area contributed by atoms with E-state index in [0.29, 0.717) is 30.6 Å². The quantitative estimate of drug-likeness (QED) is 0.857. The number of halogens is 1. The highest BCUT2D eigenvalue weighted by atomic mass is 19.1. The van der Waals surface area contributed by atoms with Crippen LogP contribution in [-0.2, 0) is 11.2 Å². The van der Waals surface area contributed by atoms with Crippen LogP contribution in [0.25, 0.3) is 0 Å². The van der Waals surface area contributed by atoms with Crippen LogP contribution in [0.2, 0.25) is 0 Å². The predicted molar refractivity (Wildman–Crippen MR) is 88.2 cm³/mol. The van der Waals surface area contributed by atoms with Gasteiger partial charge in [0.2, 0.25) is 0 Å². The van der Waals surface area contributed by atoms with Crippen LogP contribution in [0.1, 0.15) is 30.0 Å². The predicted octanol–water partition coefficient (Wildman–Crippen LogP) is 2.76. The van der Waals surface area contributed by atoms with Gasteiger partial charge in [-0.2, -0.15) is 0 Å². The van der Waals surface area contributed by atoms with E-state index in [-0.39, 0.29) is 24.4 Å². The second-order valence-electron chi connectivity index (χ2n) is 5.90. The van der Waals surface area contributed by atoms with Crippen molar-refractivity contribution in [3.05, 3.63) is 65.5 Å². The van der Waals surface area contributed by atoms with Crippen molar-refractivity contribution >= 4 is 5.91 Å². The van der Waals surface area contributed by atoms with E-state index >= 15 is 0 Å². The first-order chi connectivity index (χ1) is 11.7. The molecule has 0 saturated heterocycles. The average Bonchev–Trinajstić information content (AvgIpc) is 3.02. The number of hydrogen-bond acceptors (Lipinski definition) is 3. The van der Waals surface area contributed by atoms with Gasteiger partial charge in [-0.05, 0) is 36.6 Å². The minimum Gasteiger partial charge on any atom is -0.480 e. The van der Waals surface area contributed by atoms with Crippen molar-refractivity contribution in [2.45, 2.75) is 31.4 Å². The molecule has 2 unspecified atom stereocenters. The Labute approximate surface area is 140 Å².